The highest BCUT2D eigenvalue weighted by atomic mass is 32.2. The molecule has 0 saturated carbocycles. The van der Waals surface area contributed by atoms with E-state index in [0.29, 0.717) is 19.0 Å². The molecule has 1 fully saturated rings. The van der Waals surface area contributed by atoms with Gasteiger partial charge in [-0.05, 0) is 43.7 Å². The second-order valence-corrected chi connectivity index (χ2v) is 8.84. The lowest BCUT2D eigenvalue weighted by atomic mass is 9.95. The van der Waals surface area contributed by atoms with E-state index in [-0.39, 0.29) is 5.03 Å². The third kappa shape index (κ3) is 3.26. The maximum absolute atomic E-state index is 12.8. The van der Waals surface area contributed by atoms with E-state index in [2.05, 4.69) is 20.4 Å². The zero-order chi connectivity index (χ0) is 18.1. The fraction of sp³-hybridized carbons (Fsp3) is 0.444. The lowest BCUT2D eigenvalue weighted by Crippen LogP contribution is -2.32. The van der Waals surface area contributed by atoms with Crippen LogP contribution >= 0.6 is 0 Å². The summed E-state index contributed by atoms with van der Waals surface area (Å²) < 4.78 is 30.9. The standard InChI is InChI=1S/C18H23N5O2S/c1-21-13-18(20-14-21)26(24,25)23-9-2-4-15(6-10-23)12-16-17-5-3-8-22(17)11-7-19-16/h3,5,7-8,11,13-15H,2,4,6,9-10,12H2,1H3/t15-/m0/s1. The summed E-state index contributed by atoms with van der Waals surface area (Å²) in [6, 6.07) is 4.10. The summed E-state index contributed by atoms with van der Waals surface area (Å²) in [5.74, 6) is 0.438. The van der Waals surface area contributed by atoms with Crippen molar-refractivity contribution in [1.82, 2.24) is 23.2 Å². The maximum Gasteiger partial charge on any atom is 0.262 e. The number of fused-ring (bicyclic) bond motifs is 1. The Morgan fingerprint density at radius 3 is 2.88 bits per heavy atom. The highest BCUT2D eigenvalue weighted by Crippen LogP contribution is 2.26. The summed E-state index contributed by atoms with van der Waals surface area (Å²) >= 11 is 0. The van der Waals surface area contributed by atoms with Gasteiger partial charge in [0, 0.05) is 44.9 Å². The van der Waals surface area contributed by atoms with Crippen LogP contribution in [0, 0.1) is 5.92 Å². The first-order chi connectivity index (χ1) is 12.5. The van der Waals surface area contributed by atoms with Crippen LogP contribution in [0.25, 0.3) is 5.52 Å². The third-order valence-electron chi connectivity index (χ3n) is 5.11. The van der Waals surface area contributed by atoms with Gasteiger partial charge in [0.15, 0.2) is 5.03 Å². The molecule has 26 heavy (non-hydrogen) atoms. The van der Waals surface area contributed by atoms with Crippen molar-refractivity contribution in [2.75, 3.05) is 13.1 Å². The molecule has 0 aromatic carbocycles. The molecule has 0 unspecified atom stereocenters. The molecule has 0 amide bonds. The molecule has 138 valence electrons. The Morgan fingerprint density at radius 1 is 1.19 bits per heavy atom. The first-order valence-corrected chi connectivity index (χ1v) is 10.4. The lowest BCUT2D eigenvalue weighted by molar-refractivity contribution is 0.408. The Labute approximate surface area is 153 Å². The Morgan fingerprint density at radius 2 is 2.08 bits per heavy atom. The average Bonchev–Trinajstić information content (AvgIpc) is 3.20. The van der Waals surface area contributed by atoms with Crippen molar-refractivity contribution < 1.29 is 8.42 Å². The van der Waals surface area contributed by atoms with Crippen LogP contribution in [0.3, 0.4) is 0 Å². The van der Waals surface area contributed by atoms with E-state index in [0.717, 1.165) is 36.9 Å². The van der Waals surface area contributed by atoms with E-state index < -0.39 is 10.0 Å². The highest BCUT2D eigenvalue weighted by molar-refractivity contribution is 7.89. The largest absolute Gasteiger partial charge is 0.339 e. The second kappa shape index (κ2) is 6.85. The number of rotatable bonds is 4. The number of hydrogen-bond donors (Lipinski definition) is 0. The third-order valence-corrected chi connectivity index (χ3v) is 6.89. The first-order valence-electron chi connectivity index (χ1n) is 8.93. The Kier molecular flexibility index (Phi) is 4.54. The first kappa shape index (κ1) is 17.2. The summed E-state index contributed by atoms with van der Waals surface area (Å²) in [4.78, 5) is 8.59. The van der Waals surface area contributed by atoms with Gasteiger partial charge in [0.2, 0.25) is 0 Å². The molecule has 4 heterocycles. The molecule has 1 saturated heterocycles. The summed E-state index contributed by atoms with van der Waals surface area (Å²) in [7, 11) is -1.73. The molecule has 7 nitrogen and oxygen atoms in total. The van der Waals surface area contributed by atoms with Gasteiger partial charge in [-0.15, -0.1) is 0 Å². The number of aromatic nitrogens is 4. The van der Waals surface area contributed by atoms with Crippen molar-refractivity contribution in [2.45, 2.75) is 30.7 Å². The predicted molar refractivity (Wildman–Crippen MR) is 98.2 cm³/mol. The number of sulfonamides is 1. The van der Waals surface area contributed by atoms with Crippen molar-refractivity contribution in [1.29, 1.82) is 0 Å². The van der Waals surface area contributed by atoms with E-state index in [1.165, 1.54) is 6.33 Å². The zero-order valence-electron chi connectivity index (χ0n) is 14.8. The van der Waals surface area contributed by atoms with Gasteiger partial charge >= 0.3 is 0 Å². The molecular weight excluding hydrogens is 350 g/mol. The monoisotopic (exact) mass is 373 g/mol. The molecule has 3 aromatic heterocycles. The van der Waals surface area contributed by atoms with Crippen LogP contribution in [-0.2, 0) is 23.5 Å². The fourth-order valence-electron chi connectivity index (χ4n) is 3.70. The summed E-state index contributed by atoms with van der Waals surface area (Å²) in [5, 5.41) is 0.137. The van der Waals surface area contributed by atoms with Gasteiger partial charge in [-0.1, -0.05) is 0 Å². The van der Waals surface area contributed by atoms with Crippen LogP contribution < -0.4 is 0 Å². The van der Waals surface area contributed by atoms with Crippen molar-refractivity contribution in [3.05, 3.63) is 48.9 Å². The molecule has 8 heteroatoms. The summed E-state index contributed by atoms with van der Waals surface area (Å²) in [5.41, 5.74) is 2.22. The molecule has 0 aliphatic carbocycles. The van der Waals surface area contributed by atoms with Gasteiger partial charge in [0.25, 0.3) is 10.0 Å². The smallest absolute Gasteiger partial charge is 0.262 e. The van der Waals surface area contributed by atoms with Crippen LogP contribution in [0.1, 0.15) is 25.0 Å². The molecule has 3 aromatic rings. The molecule has 0 radical (unpaired) electrons. The Hall–Kier alpha value is -2.19. The van der Waals surface area contributed by atoms with E-state index in [1.807, 2.05) is 24.7 Å². The van der Waals surface area contributed by atoms with Gasteiger partial charge in [-0.2, -0.15) is 4.31 Å². The van der Waals surface area contributed by atoms with Crippen molar-refractivity contribution in [2.24, 2.45) is 13.0 Å². The van der Waals surface area contributed by atoms with E-state index in [9.17, 15) is 8.42 Å². The van der Waals surface area contributed by atoms with E-state index in [1.54, 1.807) is 22.1 Å². The average molecular weight is 373 g/mol. The Balaban J connectivity index is 1.47. The van der Waals surface area contributed by atoms with Gasteiger partial charge in [-0.25, -0.2) is 13.4 Å². The summed E-state index contributed by atoms with van der Waals surface area (Å²) in [6.07, 6.45) is 12.5. The predicted octanol–water partition coefficient (Wildman–Crippen LogP) is 2.10. The molecular formula is C18H23N5O2S. The normalized spacial score (nSPS) is 19.7. The van der Waals surface area contributed by atoms with Crippen molar-refractivity contribution >= 4 is 15.5 Å². The van der Waals surface area contributed by atoms with Gasteiger partial charge in [0.1, 0.15) is 0 Å². The van der Waals surface area contributed by atoms with Crippen molar-refractivity contribution in [3.8, 4) is 0 Å². The van der Waals surface area contributed by atoms with Gasteiger partial charge in [-0.3, -0.25) is 4.98 Å². The van der Waals surface area contributed by atoms with Crippen LogP contribution in [0.5, 0.6) is 0 Å². The minimum atomic E-state index is -3.50. The number of aryl methyl sites for hydroxylation is 1. The second-order valence-electron chi connectivity index (χ2n) is 6.96. The van der Waals surface area contributed by atoms with Crippen LogP contribution in [0.4, 0.5) is 0 Å². The highest BCUT2D eigenvalue weighted by Gasteiger charge is 2.29. The maximum atomic E-state index is 12.8. The minimum Gasteiger partial charge on any atom is -0.339 e. The molecule has 0 bridgehead atoms. The van der Waals surface area contributed by atoms with Crippen LogP contribution in [0.2, 0.25) is 0 Å². The topological polar surface area (TPSA) is 72.5 Å². The molecule has 1 aliphatic rings. The fourth-order valence-corrected chi connectivity index (χ4v) is 5.16. The lowest BCUT2D eigenvalue weighted by Gasteiger charge is -2.19. The Bertz CT molecular complexity index is 1010. The van der Waals surface area contributed by atoms with Crippen molar-refractivity contribution in [3.63, 3.8) is 0 Å². The van der Waals surface area contributed by atoms with Gasteiger partial charge in [0.05, 0.1) is 17.5 Å². The van der Waals surface area contributed by atoms with E-state index >= 15 is 0 Å². The molecule has 1 aliphatic heterocycles. The SMILES string of the molecule is Cn1cnc(S(=O)(=O)N2CCC[C@H](Cc3nccn4cccc34)CC2)c1. The molecule has 4 rings (SSSR count). The van der Waals surface area contributed by atoms with Crippen LogP contribution in [0.15, 0.2) is 48.3 Å². The number of imidazole rings is 1. The van der Waals surface area contributed by atoms with Gasteiger partial charge < -0.3 is 8.97 Å². The van der Waals surface area contributed by atoms with Crippen LogP contribution in [-0.4, -0.2) is 44.7 Å². The molecule has 1 atom stereocenters. The zero-order valence-corrected chi connectivity index (χ0v) is 15.6. The number of hydrogen-bond acceptors (Lipinski definition) is 4. The number of nitrogens with zero attached hydrogens (tertiary/aromatic N) is 5. The molecule has 0 spiro atoms. The van der Waals surface area contributed by atoms with E-state index in [4.69, 9.17) is 0 Å². The summed E-state index contributed by atoms with van der Waals surface area (Å²) in [6.45, 7) is 1.09. The molecule has 0 N–H and O–H groups in total. The minimum absolute atomic E-state index is 0.137. The quantitative estimate of drug-likeness (QED) is 0.702.